The van der Waals surface area contributed by atoms with E-state index in [1.165, 1.54) is 0 Å². The molecule has 0 radical (unpaired) electrons. The van der Waals surface area contributed by atoms with Crippen molar-refractivity contribution in [2.45, 2.75) is 18.4 Å². The zero-order valence-corrected chi connectivity index (χ0v) is 33.4. The summed E-state index contributed by atoms with van der Waals surface area (Å²) < 4.78 is 0. The van der Waals surface area contributed by atoms with Gasteiger partial charge in [0.2, 0.25) is 0 Å². The predicted molar refractivity (Wildman–Crippen MR) is 47.1 cm³/mol. The minimum atomic E-state index is -2.74. The summed E-state index contributed by atoms with van der Waals surface area (Å²) in [6.45, 7) is 0. The molecule has 0 amide bonds. The van der Waals surface area contributed by atoms with E-state index in [1.54, 1.807) is 0 Å². The molecule has 92 valence electrons. The molecule has 7 nitrogen and oxygen atoms in total. The summed E-state index contributed by atoms with van der Waals surface area (Å²) in [4.78, 5) is 30.5. The summed E-state index contributed by atoms with van der Waals surface area (Å²) in [6, 6.07) is 0. The van der Waals surface area contributed by atoms with Crippen LogP contribution in [-0.2, 0) is 14.4 Å². The van der Waals surface area contributed by atoms with Crippen LogP contribution in [0.25, 0.3) is 0 Å². The Morgan fingerprint density at radius 2 is 0.818 bits per heavy atom. The van der Waals surface area contributed by atoms with Gasteiger partial charge in [-0.25, -0.2) is 4.79 Å². The molecular formula is C6H17Na9O7. The van der Waals surface area contributed by atoms with E-state index in [2.05, 4.69) is 0 Å². The van der Waals surface area contributed by atoms with Crippen molar-refractivity contribution in [3.05, 3.63) is 0 Å². The van der Waals surface area contributed by atoms with Gasteiger partial charge >= 0.3 is 284 Å². The van der Waals surface area contributed by atoms with Crippen LogP contribution in [0.1, 0.15) is 25.7 Å². The second-order valence-electron chi connectivity index (χ2n) is 2.48. The van der Waals surface area contributed by atoms with Gasteiger partial charge in [-0.15, -0.1) is 0 Å². The average Bonchev–Trinajstić information content (AvgIpc) is 1.82. The number of hydrogen-bond acceptors (Lipinski definition) is 4. The Kier molecular flexibility index (Phi) is 102. The van der Waals surface area contributed by atoms with Crippen LogP contribution in [0.5, 0.6) is 0 Å². The molecule has 0 aliphatic rings. The number of rotatable bonds is 5. The van der Waals surface area contributed by atoms with E-state index in [4.69, 9.17) is 20.4 Å². The molecular weight excluding hydrogens is 391 g/mol. The molecule has 4 N–H and O–H groups in total. The third kappa shape index (κ3) is 34.8. The van der Waals surface area contributed by atoms with Crippen molar-refractivity contribution in [1.82, 2.24) is 0 Å². The van der Waals surface area contributed by atoms with Gasteiger partial charge in [0.15, 0.2) is 5.60 Å². The zero-order valence-electron chi connectivity index (χ0n) is 24.4. The van der Waals surface area contributed by atoms with E-state index < -0.39 is 36.4 Å². The monoisotopic (exact) mass is 408 g/mol. The van der Waals surface area contributed by atoms with Gasteiger partial charge in [-0.1, -0.05) is 0 Å². The van der Waals surface area contributed by atoms with E-state index in [9.17, 15) is 14.4 Å². The van der Waals surface area contributed by atoms with Crippen LogP contribution in [0.4, 0.5) is 0 Å². The Labute approximate surface area is 341 Å². The molecule has 0 saturated carbocycles. The van der Waals surface area contributed by atoms with E-state index >= 15 is 0 Å². The van der Waals surface area contributed by atoms with E-state index in [1.807, 2.05) is 0 Å². The molecule has 0 unspecified atom stereocenters. The normalized spacial score (nSPS) is 6.41. The first-order chi connectivity index (χ1) is 5.78. The Hall–Kier alpha value is 7.37. The zero-order chi connectivity index (χ0) is 10.6. The van der Waals surface area contributed by atoms with Crippen LogP contribution in [0.2, 0.25) is 0 Å². The van der Waals surface area contributed by atoms with Crippen LogP contribution >= 0.6 is 0 Å². The molecule has 0 saturated heterocycles. The fourth-order valence-electron chi connectivity index (χ4n) is 0.714. The Morgan fingerprint density at radius 1 is 0.636 bits per heavy atom. The maximum Gasteiger partial charge on any atom is 1.00 e. The standard InChI is InChI=1S/C6H8O7.9Na.9H/c7-3(8)1-6(13,5(11)12)2-4(9)10;;;;;;;;;;;;;;;;;;/h13H,1-2H2,(H,7,8)(H,9,10)(H,11,12);;;;;;;;;;;;;;;;;;/q;9*+1;9*-1. The SMILES string of the molecule is O=C(O)CC(O)(CC(=O)O)C(=O)O.[H-].[H-].[H-].[H-].[H-].[H-].[H-].[H-].[H-].[Na+].[Na+].[Na+].[Na+].[Na+].[Na+].[Na+].[Na+].[Na+]. The number of carboxylic acids is 3. The summed E-state index contributed by atoms with van der Waals surface area (Å²) >= 11 is 0. The number of aliphatic carboxylic acids is 3. The first-order valence-corrected chi connectivity index (χ1v) is 3.17. The molecule has 0 heterocycles. The quantitative estimate of drug-likeness (QED) is 0.332. The van der Waals surface area contributed by atoms with Crippen molar-refractivity contribution in [2.24, 2.45) is 0 Å². The van der Waals surface area contributed by atoms with Crippen LogP contribution in [-0.4, -0.2) is 43.9 Å². The summed E-state index contributed by atoms with van der Waals surface area (Å²) in [5.74, 6) is -5.02. The van der Waals surface area contributed by atoms with E-state index in [0.717, 1.165) is 0 Å². The van der Waals surface area contributed by atoms with Crippen LogP contribution < -0.4 is 266 Å². The molecule has 0 aliphatic heterocycles. The Morgan fingerprint density at radius 3 is 0.909 bits per heavy atom. The predicted octanol–water partition coefficient (Wildman–Crippen LogP) is -27.2. The summed E-state index contributed by atoms with van der Waals surface area (Å²) in [7, 11) is 0. The number of hydrogen-bond donors (Lipinski definition) is 4. The van der Waals surface area contributed by atoms with Crippen LogP contribution in [0.15, 0.2) is 0 Å². The molecule has 16 heteroatoms. The van der Waals surface area contributed by atoms with Crippen LogP contribution in [0, 0.1) is 0 Å². The van der Waals surface area contributed by atoms with E-state index in [0.29, 0.717) is 0 Å². The topological polar surface area (TPSA) is 132 Å². The van der Waals surface area contributed by atoms with Gasteiger partial charge in [-0.2, -0.15) is 0 Å². The first kappa shape index (κ1) is 63.0. The molecule has 0 bridgehead atoms. The smallest absolute Gasteiger partial charge is 1.00 e. The summed E-state index contributed by atoms with van der Waals surface area (Å²) in [5, 5.41) is 33.8. The van der Waals surface area contributed by atoms with Crippen molar-refractivity contribution >= 4 is 17.9 Å². The van der Waals surface area contributed by atoms with Crippen molar-refractivity contribution in [2.75, 3.05) is 0 Å². The van der Waals surface area contributed by atoms with Crippen molar-refractivity contribution in [3.63, 3.8) is 0 Å². The molecule has 0 aromatic heterocycles. The number of aliphatic hydroxyl groups is 1. The second-order valence-corrected chi connectivity index (χ2v) is 2.48. The second kappa shape index (κ2) is 35.8. The third-order valence-electron chi connectivity index (χ3n) is 1.29. The van der Waals surface area contributed by atoms with E-state index in [-0.39, 0.29) is 279 Å². The summed E-state index contributed by atoms with van der Waals surface area (Å²) in [6.07, 6.45) is -2.29. The number of carboxylic acid groups (broad SMARTS) is 3. The van der Waals surface area contributed by atoms with Gasteiger partial charge in [0.05, 0.1) is 12.8 Å². The Bertz CT molecular complexity index is 276. The molecule has 0 rings (SSSR count). The molecule has 0 spiro atoms. The van der Waals surface area contributed by atoms with Crippen LogP contribution in [0.3, 0.4) is 0 Å². The maximum absolute atomic E-state index is 10.3. The maximum atomic E-state index is 10.3. The largest absolute Gasteiger partial charge is 1.00 e. The minimum absolute atomic E-state index is 0. The van der Waals surface area contributed by atoms with Gasteiger partial charge in [0, 0.05) is 0 Å². The van der Waals surface area contributed by atoms with Crippen molar-refractivity contribution in [3.8, 4) is 0 Å². The van der Waals surface area contributed by atoms with Crippen molar-refractivity contribution < 1.29 is 314 Å². The van der Waals surface area contributed by atoms with Gasteiger partial charge < -0.3 is 33.3 Å². The molecule has 0 fully saturated rings. The molecule has 0 aliphatic carbocycles. The molecule has 0 aromatic rings. The Balaban J connectivity index is -0.00000000471. The van der Waals surface area contributed by atoms with Crippen molar-refractivity contribution in [1.29, 1.82) is 0 Å². The van der Waals surface area contributed by atoms with Gasteiger partial charge in [0.25, 0.3) is 0 Å². The first-order valence-electron chi connectivity index (χ1n) is 3.17. The van der Waals surface area contributed by atoms with Gasteiger partial charge in [0.1, 0.15) is 0 Å². The molecule has 0 aromatic carbocycles. The van der Waals surface area contributed by atoms with Gasteiger partial charge in [-0.05, 0) is 0 Å². The fourth-order valence-corrected chi connectivity index (χ4v) is 0.714. The minimum Gasteiger partial charge on any atom is -1.00 e. The third-order valence-corrected chi connectivity index (χ3v) is 1.29. The van der Waals surface area contributed by atoms with Gasteiger partial charge in [-0.3, -0.25) is 9.59 Å². The average molecular weight is 408 g/mol. The number of carbonyl (C=O) groups is 3. The molecule has 22 heavy (non-hydrogen) atoms. The summed E-state index contributed by atoms with van der Waals surface area (Å²) in [5.41, 5.74) is -2.74. The molecule has 0 atom stereocenters. The fraction of sp³-hybridized carbons (Fsp3) is 0.500.